The molecule has 0 spiro atoms. The molecule has 3 atom stereocenters. The van der Waals surface area contributed by atoms with E-state index in [1.165, 1.54) is 0 Å². The molecule has 1 fully saturated rings. The second kappa shape index (κ2) is 10.6. The Hall–Kier alpha value is -2.47. The Labute approximate surface area is 159 Å². The average molecular weight is 372 g/mol. The highest BCUT2D eigenvalue weighted by atomic mass is 16.4. The van der Waals surface area contributed by atoms with Gasteiger partial charge in [-0.05, 0) is 37.2 Å². The molecule has 0 heterocycles. The first-order chi connectivity index (χ1) is 13.0. The summed E-state index contributed by atoms with van der Waals surface area (Å²) in [5.74, 6) is -1.86. The molecule has 1 aliphatic carbocycles. The van der Waals surface area contributed by atoms with Crippen molar-refractivity contribution >= 4 is 17.7 Å². The molecule has 27 heavy (non-hydrogen) atoms. The molecule has 146 valence electrons. The molecule has 1 amide bonds. The molecular weight excluding hydrogens is 346 g/mol. The normalized spacial score (nSPS) is 20.7. The minimum absolute atomic E-state index is 0.0625. The van der Waals surface area contributed by atoms with Crippen molar-refractivity contribution in [3.05, 3.63) is 48.0 Å². The lowest BCUT2D eigenvalue weighted by atomic mass is 9.89. The highest BCUT2D eigenvalue weighted by Crippen LogP contribution is 2.34. The van der Waals surface area contributed by atoms with Crippen LogP contribution in [0.5, 0.6) is 0 Å². The van der Waals surface area contributed by atoms with Gasteiger partial charge < -0.3 is 20.3 Å². The zero-order valence-corrected chi connectivity index (χ0v) is 15.3. The summed E-state index contributed by atoms with van der Waals surface area (Å²) in [5, 5.41) is 22.7. The van der Waals surface area contributed by atoms with Crippen molar-refractivity contribution in [3.63, 3.8) is 0 Å². The van der Waals surface area contributed by atoms with E-state index in [-0.39, 0.29) is 43.0 Å². The Bertz CT molecular complexity index is 670. The predicted molar refractivity (Wildman–Crippen MR) is 98.4 cm³/mol. The topological polar surface area (TPSA) is 107 Å². The summed E-state index contributed by atoms with van der Waals surface area (Å²) < 4.78 is 0. The summed E-state index contributed by atoms with van der Waals surface area (Å²) in [5.41, 5.74) is 0.801. The van der Waals surface area contributed by atoms with Crippen LogP contribution in [-0.4, -0.2) is 35.4 Å². The third kappa shape index (κ3) is 6.64. The molecule has 1 saturated carbocycles. The summed E-state index contributed by atoms with van der Waals surface area (Å²) in [6, 6.07) is 7.95. The van der Waals surface area contributed by atoms with E-state index in [4.69, 9.17) is 5.11 Å². The number of nitrogens with one attached hydrogen (secondary N) is 1. The molecule has 0 aromatic heterocycles. The van der Waals surface area contributed by atoms with Crippen molar-refractivity contribution in [1.82, 2.24) is 5.32 Å². The van der Waals surface area contributed by atoms with Gasteiger partial charge in [-0.2, -0.15) is 0 Å². The van der Waals surface area contributed by atoms with Crippen molar-refractivity contribution < 1.29 is 24.6 Å². The molecule has 2 N–H and O–H groups in total. The van der Waals surface area contributed by atoms with Gasteiger partial charge in [0.1, 0.15) is 5.78 Å². The zero-order valence-electron chi connectivity index (χ0n) is 15.3. The van der Waals surface area contributed by atoms with Crippen LogP contribution in [0, 0.1) is 11.8 Å². The van der Waals surface area contributed by atoms with E-state index < -0.39 is 12.0 Å². The highest BCUT2D eigenvalue weighted by Gasteiger charge is 2.35. The van der Waals surface area contributed by atoms with Crippen LogP contribution in [0.4, 0.5) is 0 Å². The largest absolute Gasteiger partial charge is 0.548 e. The van der Waals surface area contributed by atoms with Gasteiger partial charge in [0, 0.05) is 25.4 Å². The molecular formula is C21H26NO5-. The minimum Gasteiger partial charge on any atom is -0.548 e. The first-order valence-corrected chi connectivity index (χ1v) is 9.34. The van der Waals surface area contributed by atoms with Crippen molar-refractivity contribution in [1.29, 1.82) is 0 Å². The number of aliphatic hydroxyl groups excluding tert-OH is 1. The molecule has 6 heteroatoms. The van der Waals surface area contributed by atoms with Gasteiger partial charge >= 0.3 is 0 Å². The lowest BCUT2D eigenvalue weighted by Crippen LogP contribution is -2.49. The monoisotopic (exact) mass is 372 g/mol. The Morgan fingerprint density at radius 3 is 2.67 bits per heavy atom. The predicted octanol–water partition coefficient (Wildman–Crippen LogP) is 0.778. The summed E-state index contributed by atoms with van der Waals surface area (Å²) >= 11 is 0. The Balaban J connectivity index is 1.91. The van der Waals surface area contributed by atoms with Gasteiger partial charge in [0.25, 0.3) is 0 Å². The maximum absolute atomic E-state index is 12.4. The van der Waals surface area contributed by atoms with Crippen LogP contribution in [0.25, 0.3) is 0 Å². The first-order valence-electron chi connectivity index (χ1n) is 9.34. The first kappa shape index (κ1) is 20.8. The number of hydrogen-bond acceptors (Lipinski definition) is 5. The lowest BCUT2D eigenvalue weighted by Gasteiger charge is -2.22. The number of aliphatic hydroxyl groups is 1. The van der Waals surface area contributed by atoms with Crippen LogP contribution in [0.3, 0.4) is 0 Å². The van der Waals surface area contributed by atoms with E-state index in [1.807, 2.05) is 30.4 Å². The Morgan fingerprint density at radius 2 is 2.00 bits per heavy atom. The summed E-state index contributed by atoms with van der Waals surface area (Å²) in [6.45, 7) is 0.0625. The van der Waals surface area contributed by atoms with Gasteiger partial charge in [0.2, 0.25) is 5.91 Å². The number of carbonyl (C=O) groups excluding carboxylic acids is 3. The van der Waals surface area contributed by atoms with Gasteiger partial charge in [-0.1, -0.05) is 42.5 Å². The average Bonchev–Trinajstić information content (AvgIpc) is 2.98. The molecule has 1 aliphatic rings. The number of carboxylic acid groups (broad SMARTS) is 1. The second-order valence-electron chi connectivity index (χ2n) is 6.92. The van der Waals surface area contributed by atoms with Crippen molar-refractivity contribution in [2.45, 2.75) is 44.6 Å². The molecule has 1 aromatic carbocycles. The van der Waals surface area contributed by atoms with Crippen LogP contribution in [0.15, 0.2) is 42.5 Å². The van der Waals surface area contributed by atoms with Crippen LogP contribution in [0.1, 0.15) is 37.7 Å². The summed E-state index contributed by atoms with van der Waals surface area (Å²) in [7, 11) is 0. The fraction of sp³-hybridized carbons (Fsp3) is 0.476. The zero-order chi connectivity index (χ0) is 19.6. The molecule has 0 aliphatic heterocycles. The number of Topliss-reactive ketones (excluding diaryl/α,β-unsaturated/α-hetero) is 1. The molecule has 0 unspecified atom stereocenters. The van der Waals surface area contributed by atoms with Crippen molar-refractivity contribution in [2.24, 2.45) is 11.8 Å². The standard InChI is InChI=1S/C21H27NO5/c23-12-6-2-5-9-17-16(10-11-19(17)24)14-20(25)22-18(21(26)27)13-15-7-3-1-4-8-15/h1-5,7-8,16-18,23H,6,9-14H2,(H,22,25)(H,26,27)/p-1/b5-2-/t16-,17+,18+/m1/s1. The number of amides is 1. The third-order valence-corrected chi connectivity index (χ3v) is 4.95. The number of carbonyl (C=O) groups is 3. The second-order valence-corrected chi connectivity index (χ2v) is 6.92. The van der Waals surface area contributed by atoms with Crippen molar-refractivity contribution in [2.75, 3.05) is 6.61 Å². The van der Waals surface area contributed by atoms with E-state index in [0.717, 1.165) is 5.56 Å². The van der Waals surface area contributed by atoms with Crippen LogP contribution < -0.4 is 10.4 Å². The van der Waals surface area contributed by atoms with E-state index in [0.29, 0.717) is 25.7 Å². The number of aliphatic carboxylic acids is 1. The van der Waals surface area contributed by atoms with Gasteiger partial charge in [0.05, 0.1) is 12.0 Å². The third-order valence-electron chi connectivity index (χ3n) is 4.95. The molecule has 0 saturated heterocycles. The van der Waals surface area contributed by atoms with Gasteiger partial charge in [-0.3, -0.25) is 9.59 Å². The van der Waals surface area contributed by atoms with E-state index in [1.54, 1.807) is 12.1 Å². The maximum atomic E-state index is 12.4. The minimum atomic E-state index is -1.32. The van der Waals surface area contributed by atoms with Gasteiger partial charge in [0.15, 0.2) is 0 Å². The molecule has 0 bridgehead atoms. The number of allylic oxidation sites excluding steroid dienone is 1. The summed E-state index contributed by atoms with van der Waals surface area (Å²) in [6.07, 6.45) is 6.16. The van der Waals surface area contributed by atoms with Crippen molar-refractivity contribution in [3.8, 4) is 0 Å². The SMILES string of the molecule is O=C(C[C@H]1CCC(=O)[C@H]1C/C=C\CCO)N[C@@H](Cc1ccccc1)C(=O)[O-]. The smallest absolute Gasteiger partial charge is 0.220 e. The molecule has 0 radical (unpaired) electrons. The quantitative estimate of drug-likeness (QED) is 0.590. The Kier molecular flexibility index (Phi) is 8.20. The van der Waals surface area contributed by atoms with Gasteiger partial charge in [-0.25, -0.2) is 0 Å². The highest BCUT2D eigenvalue weighted by molar-refractivity contribution is 5.86. The van der Waals surface area contributed by atoms with E-state index in [9.17, 15) is 19.5 Å². The number of benzene rings is 1. The van der Waals surface area contributed by atoms with E-state index in [2.05, 4.69) is 5.32 Å². The lowest BCUT2D eigenvalue weighted by molar-refractivity contribution is -0.308. The Morgan fingerprint density at radius 1 is 1.26 bits per heavy atom. The maximum Gasteiger partial charge on any atom is 0.220 e. The number of rotatable bonds is 10. The number of ketones is 1. The van der Waals surface area contributed by atoms with E-state index >= 15 is 0 Å². The number of hydrogen-bond donors (Lipinski definition) is 2. The molecule has 1 aromatic rings. The number of carboxylic acids is 1. The van der Waals surface area contributed by atoms with Crippen LogP contribution in [-0.2, 0) is 20.8 Å². The molecule has 6 nitrogen and oxygen atoms in total. The van der Waals surface area contributed by atoms with Gasteiger partial charge in [-0.15, -0.1) is 0 Å². The molecule has 2 rings (SSSR count). The van der Waals surface area contributed by atoms with Crippen LogP contribution in [0.2, 0.25) is 0 Å². The van der Waals surface area contributed by atoms with Crippen LogP contribution >= 0.6 is 0 Å². The summed E-state index contributed by atoms with van der Waals surface area (Å²) in [4.78, 5) is 35.8. The fourth-order valence-corrected chi connectivity index (χ4v) is 3.52. The fourth-order valence-electron chi connectivity index (χ4n) is 3.52.